The number of hydrogen-bond donors (Lipinski definition) is 0. The number of fused-ring (bicyclic) bond motifs is 1. The molecule has 0 bridgehead atoms. The van der Waals surface area contributed by atoms with Gasteiger partial charge in [0, 0.05) is 28.3 Å². The molecule has 9 nitrogen and oxygen atoms in total. The van der Waals surface area contributed by atoms with Crippen LogP contribution in [0.15, 0.2) is 60.7 Å². The van der Waals surface area contributed by atoms with E-state index >= 15 is 0 Å². The van der Waals surface area contributed by atoms with Crippen LogP contribution < -0.4 is 0 Å². The zero-order valence-corrected chi connectivity index (χ0v) is 19.7. The highest BCUT2D eigenvalue weighted by Gasteiger charge is 2.54. The lowest BCUT2D eigenvalue weighted by molar-refractivity contribution is -0.384. The van der Waals surface area contributed by atoms with Crippen LogP contribution in [0.3, 0.4) is 0 Å². The lowest BCUT2D eigenvalue weighted by atomic mass is 9.78. The molecule has 4 rings (SSSR count). The molecule has 2 aliphatic rings. The third-order valence-electron chi connectivity index (χ3n) is 6.47. The molecule has 1 fully saturated rings. The molecule has 0 spiro atoms. The van der Waals surface area contributed by atoms with Gasteiger partial charge < -0.3 is 0 Å². The first-order valence-corrected chi connectivity index (χ1v) is 11.4. The second-order valence-electron chi connectivity index (χ2n) is 8.64. The molecule has 3 amide bonds. The minimum absolute atomic E-state index is 0.00648. The minimum atomic E-state index is -1.23. The van der Waals surface area contributed by atoms with Gasteiger partial charge in [-0.15, -0.1) is 0 Å². The fourth-order valence-electron chi connectivity index (χ4n) is 4.61. The van der Waals surface area contributed by atoms with E-state index in [1.54, 1.807) is 0 Å². The number of nitro groups is 1. The Balaban J connectivity index is 1.76. The smallest absolute Gasteiger partial charge is 0.273 e. The minimum Gasteiger partial charge on any atom is -0.292 e. The Kier molecular flexibility index (Phi) is 6.53. The van der Waals surface area contributed by atoms with Crippen LogP contribution >= 0.6 is 11.6 Å². The Hall–Kier alpha value is -3.85. The van der Waals surface area contributed by atoms with Crippen LogP contribution in [-0.2, 0) is 9.59 Å². The van der Waals surface area contributed by atoms with E-state index < -0.39 is 46.3 Å². The average Bonchev–Trinajstić information content (AvgIpc) is 3.10. The summed E-state index contributed by atoms with van der Waals surface area (Å²) in [6.07, 6.45) is 4.06. The number of rotatable bonds is 6. The summed E-state index contributed by atoms with van der Waals surface area (Å²) in [6, 6.07) is 9.58. The van der Waals surface area contributed by atoms with Crippen LogP contribution in [0.4, 0.5) is 5.69 Å². The average molecular weight is 496 g/mol. The van der Waals surface area contributed by atoms with Crippen molar-refractivity contribution >= 4 is 40.8 Å². The number of imide groups is 1. The van der Waals surface area contributed by atoms with E-state index in [9.17, 15) is 29.3 Å². The van der Waals surface area contributed by atoms with Crippen LogP contribution in [0, 0.1) is 27.9 Å². The summed E-state index contributed by atoms with van der Waals surface area (Å²) in [5.74, 6) is -3.89. The number of hydrogen-bond acceptors (Lipinski definition) is 6. The third-order valence-corrected chi connectivity index (χ3v) is 6.73. The second kappa shape index (κ2) is 9.42. The fourth-order valence-corrected chi connectivity index (χ4v) is 4.73. The van der Waals surface area contributed by atoms with E-state index in [0.717, 1.165) is 22.2 Å². The highest BCUT2D eigenvalue weighted by atomic mass is 35.5. The molecule has 1 aliphatic carbocycles. The molecule has 0 unspecified atom stereocenters. The molecule has 1 aliphatic heterocycles. The maximum absolute atomic E-state index is 13.6. The van der Waals surface area contributed by atoms with Crippen LogP contribution in [0.25, 0.3) is 0 Å². The summed E-state index contributed by atoms with van der Waals surface area (Å²) < 4.78 is 0. The molecule has 180 valence electrons. The molecule has 2 aromatic carbocycles. The summed E-state index contributed by atoms with van der Waals surface area (Å²) in [4.78, 5) is 64.2. The Labute approximate surface area is 206 Å². The first-order valence-electron chi connectivity index (χ1n) is 11.0. The summed E-state index contributed by atoms with van der Waals surface area (Å²) in [5, 5.41) is 13.1. The molecule has 4 atom stereocenters. The molecule has 2 aromatic rings. The number of Topliss-reactive ketones (excluding diaryl/α,β-unsaturated/α-hetero) is 1. The quantitative estimate of drug-likeness (QED) is 0.196. The second-order valence-corrected chi connectivity index (χ2v) is 9.08. The van der Waals surface area contributed by atoms with E-state index in [2.05, 4.69) is 0 Å². The van der Waals surface area contributed by atoms with Crippen LogP contribution in [-0.4, -0.2) is 44.5 Å². The first-order chi connectivity index (χ1) is 16.6. The lowest BCUT2D eigenvalue weighted by Gasteiger charge is -2.34. The Morgan fingerprint density at radius 2 is 1.66 bits per heavy atom. The number of halogens is 1. The highest BCUT2D eigenvalue weighted by molar-refractivity contribution is 6.30. The van der Waals surface area contributed by atoms with Crippen molar-refractivity contribution in [3.05, 3.63) is 86.9 Å². The van der Waals surface area contributed by atoms with Crippen molar-refractivity contribution in [2.45, 2.75) is 26.3 Å². The topological polar surface area (TPSA) is 118 Å². The number of carbonyl (C=O) groups excluding carboxylic acids is 4. The van der Waals surface area contributed by atoms with Gasteiger partial charge in [0.15, 0.2) is 5.78 Å². The normalized spacial score (nSPS) is 22.0. The molecule has 0 radical (unpaired) electrons. The zero-order chi connectivity index (χ0) is 25.4. The van der Waals surface area contributed by atoms with Crippen LogP contribution in [0.1, 0.15) is 41.0 Å². The Bertz CT molecular complexity index is 1240. The number of carbonyl (C=O) groups is 4. The molecule has 10 heteroatoms. The van der Waals surface area contributed by atoms with Crippen molar-refractivity contribution < 1.29 is 24.1 Å². The zero-order valence-electron chi connectivity index (χ0n) is 19.0. The SMILES string of the molecule is C[C@@H]1C=CC[C@@H]2C(=O)N(N(C(=O)c3ccc([N+](=O)[O-])cc3)[C@@H](C)C(=O)c3ccc(Cl)cc3)C(=O)[C@@H]12. The van der Waals surface area contributed by atoms with E-state index in [1.165, 1.54) is 43.3 Å². The van der Waals surface area contributed by atoms with Crippen molar-refractivity contribution in [2.24, 2.45) is 17.8 Å². The van der Waals surface area contributed by atoms with Crippen LogP contribution in [0.2, 0.25) is 5.02 Å². The van der Waals surface area contributed by atoms with Crippen molar-refractivity contribution in [1.29, 1.82) is 0 Å². The van der Waals surface area contributed by atoms with Gasteiger partial charge in [0.25, 0.3) is 23.4 Å². The van der Waals surface area contributed by atoms with Gasteiger partial charge in [-0.1, -0.05) is 30.7 Å². The lowest BCUT2D eigenvalue weighted by Crippen LogP contribution is -2.56. The fraction of sp³-hybridized carbons (Fsp3) is 0.280. The highest BCUT2D eigenvalue weighted by Crippen LogP contribution is 2.40. The maximum Gasteiger partial charge on any atom is 0.273 e. The monoisotopic (exact) mass is 495 g/mol. The molecule has 0 saturated carbocycles. The Morgan fingerprint density at radius 1 is 1.06 bits per heavy atom. The summed E-state index contributed by atoms with van der Waals surface area (Å²) >= 11 is 5.92. The predicted molar refractivity (Wildman–Crippen MR) is 126 cm³/mol. The van der Waals surface area contributed by atoms with E-state index in [4.69, 9.17) is 11.6 Å². The van der Waals surface area contributed by atoms with Gasteiger partial charge in [-0.2, -0.15) is 5.01 Å². The largest absolute Gasteiger partial charge is 0.292 e. The number of non-ortho nitro benzene ring substituents is 1. The molecule has 0 N–H and O–H groups in total. The molecular weight excluding hydrogens is 474 g/mol. The molecule has 0 aromatic heterocycles. The van der Waals surface area contributed by atoms with Gasteiger partial charge in [0.1, 0.15) is 6.04 Å². The van der Waals surface area contributed by atoms with Gasteiger partial charge in [-0.25, -0.2) is 5.01 Å². The van der Waals surface area contributed by atoms with E-state index in [1.807, 2.05) is 19.1 Å². The summed E-state index contributed by atoms with van der Waals surface area (Å²) in [6.45, 7) is 3.26. The summed E-state index contributed by atoms with van der Waals surface area (Å²) in [5.41, 5.74) is 0.0144. The van der Waals surface area contributed by atoms with Crippen molar-refractivity contribution in [3.8, 4) is 0 Å². The number of ketones is 1. The number of nitro benzene ring substituents is 1. The molecule has 35 heavy (non-hydrogen) atoms. The number of allylic oxidation sites excluding steroid dienone is 2. The number of nitrogens with zero attached hydrogens (tertiary/aromatic N) is 3. The third kappa shape index (κ3) is 4.35. The van der Waals surface area contributed by atoms with Gasteiger partial charge in [-0.05, 0) is 55.7 Å². The number of hydrazine groups is 1. The number of benzene rings is 2. The van der Waals surface area contributed by atoms with Gasteiger partial charge in [0.2, 0.25) is 0 Å². The molecular formula is C25H22ClN3O6. The Morgan fingerprint density at radius 3 is 2.23 bits per heavy atom. The maximum atomic E-state index is 13.6. The van der Waals surface area contributed by atoms with E-state index in [-0.39, 0.29) is 22.7 Å². The van der Waals surface area contributed by atoms with Crippen LogP contribution in [0.5, 0.6) is 0 Å². The number of amides is 3. The standard InChI is InChI=1S/C25H22ClN3O6/c1-14-4-3-5-20-21(14)25(33)28(24(20)32)27(15(2)22(30)16-6-10-18(26)11-7-16)23(31)17-8-12-19(13-9-17)29(34)35/h3-4,6-15,20-21H,5H2,1-2H3/t14-,15+,20+,21+/m1/s1. The molecule has 1 heterocycles. The molecule has 1 saturated heterocycles. The summed E-state index contributed by atoms with van der Waals surface area (Å²) in [7, 11) is 0. The van der Waals surface area contributed by atoms with Gasteiger partial charge in [0.05, 0.1) is 16.8 Å². The van der Waals surface area contributed by atoms with Crippen molar-refractivity contribution in [3.63, 3.8) is 0 Å². The first kappa shape index (κ1) is 24.3. The van der Waals surface area contributed by atoms with Gasteiger partial charge >= 0.3 is 0 Å². The van der Waals surface area contributed by atoms with Crippen molar-refractivity contribution in [2.75, 3.05) is 0 Å². The van der Waals surface area contributed by atoms with Crippen molar-refractivity contribution in [1.82, 2.24) is 10.0 Å². The predicted octanol–water partition coefficient (Wildman–Crippen LogP) is 4.07. The van der Waals surface area contributed by atoms with E-state index in [0.29, 0.717) is 11.4 Å². The van der Waals surface area contributed by atoms with Gasteiger partial charge in [-0.3, -0.25) is 29.3 Å².